The number of carbonyl (C=O) groups excluding carboxylic acids is 1. The van der Waals surface area contributed by atoms with Gasteiger partial charge in [-0.15, -0.1) is 0 Å². The third-order valence-electron chi connectivity index (χ3n) is 1.39. The minimum Gasteiger partial charge on any atom is -0.320 e. The van der Waals surface area contributed by atoms with Crippen LogP contribution < -0.4 is 11.1 Å². The van der Waals surface area contributed by atoms with Gasteiger partial charge >= 0.3 is 0 Å². The van der Waals surface area contributed by atoms with Crippen LogP contribution >= 0.6 is 15.9 Å². The molecule has 0 aliphatic heterocycles. The number of rotatable bonds is 2. The van der Waals surface area contributed by atoms with Gasteiger partial charge in [-0.2, -0.15) is 0 Å². The molecule has 1 atom stereocenters. The number of aromatic nitrogens is 1. The van der Waals surface area contributed by atoms with Crippen molar-refractivity contribution in [1.82, 2.24) is 4.98 Å². The van der Waals surface area contributed by atoms with Crippen molar-refractivity contribution < 1.29 is 4.79 Å². The molecule has 0 aliphatic carbocycles. The maximum atomic E-state index is 11.1. The monoisotopic (exact) mass is 243 g/mol. The molecule has 0 saturated carbocycles. The van der Waals surface area contributed by atoms with Gasteiger partial charge in [-0.3, -0.25) is 4.79 Å². The van der Waals surface area contributed by atoms with Crippen molar-refractivity contribution in [2.24, 2.45) is 5.73 Å². The lowest BCUT2D eigenvalue weighted by Crippen LogP contribution is -2.32. The van der Waals surface area contributed by atoms with E-state index in [1.165, 1.54) is 0 Å². The zero-order valence-electron chi connectivity index (χ0n) is 7.12. The first-order valence-corrected chi connectivity index (χ1v) is 4.57. The average molecular weight is 244 g/mol. The molecule has 0 spiro atoms. The highest BCUT2D eigenvalue weighted by atomic mass is 79.9. The molecule has 0 bridgehead atoms. The van der Waals surface area contributed by atoms with E-state index in [1.807, 2.05) is 0 Å². The number of nitrogens with zero attached hydrogens (tertiary/aromatic N) is 1. The molecule has 1 amide bonds. The fourth-order valence-electron chi connectivity index (χ4n) is 0.690. The molecule has 5 heteroatoms. The minimum atomic E-state index is -0.523. The van der Waals surface area contributed by atoms with Gasteiger partial charge in [0.2, 0.25) is 5.91 Å². The van der Waals surface area contributed by atoms with Gasteiger partial charge in [0.1, 0.15) is 5.82 Å². The van der Waals surface area contributed by atoms with Crippen LogP contribution in [0.3, 0.4) is 0 Å². The molecule has 70 valence electrons. The second-order valence-electron chi connectivity index (χ2n) is 2.64. The Hall–Kier alpha value is -0.940. The average Bonchev–Trinajstić information content (AvgIpc) is 2.08. The Morgan fingerprint density at radius 3 is 2.85 bits per heavy atom. The Balaban J connectivity index is 2.65. The summed E-state index contributed by atoms with van der Waals surface area (Å²) in [7, 11) is 0. The summed E-state index contributed by atoms with van der Waals surface area (Å²) < 4.78 is 0.867. The van der Waals surface area contributed by atoms with Crippen molar-refractivity contribution >= 4 is 27.7 Å². The fraction of sp³-hybridized carbons (Fsp3) is 0.250. The smallest absolute Gasteiger partial charge is 0.242 e. The first kappa shape index (κ1) is 10.1. The lowest BCUT2D eigenvalue weighted by atomic mass is 10.3. The number of amides is 1. The number of hydrogen-bond donors (Lipinski definition) is 2. The van der Waals surface area contributed by atoms with E-state index >= 15 is 0 Å². The Morgan fingerprint density at radius 2 is 2.38 bits per heavy atom. The first-order valence-electron chi connectivity index (χ1n) is 3.77. The summed E-state index contributed by atoms with van der Waals surface area (Å²) in [6.07, 6.45) is 1.61. The largest absolute Gasteiger partial charge is 0.320 e. The maximum Gasteiger partial charge on any atom is 0.242 e. The summed E-state index contributed by atoms with van der Waals surface area (Å²) in [5.74, 6) is 0.264. The van der Waals surface area contributed by atoms with Gasteiger partial charge in [-0.1, -0.05) is 0 Å². The van der Waals surface area contributed by atoms with Gasteiger partial charge < -0.3 is 11.1 Å². The highest BCUT2D eigenvalue weighted by molar-refractivity contribution is 9.10. The SMILES string of the molecule is CC(N)C(=O)Nc1ccc(Br)cn1. The molecule has 4 nitrogen and oxygen atoms in total. The summed E-state index contributed by atoms with van der Waals surface area (Å²) in [5.41, 5.74) is 5.36. The number of nitrogens with one attached hydrogen (secondary N) is 1. The Kier molecular flexibility index (Phi) is 3.39. The maximum absolute atomic E-state index is 11.1. The molecule has 3 N–H and O–H groups in total. The second-order valence-corrected chi connectivity index (χ2v) is 3.56. The Bertz CT molecular complexity index is 297. The lowest BCUT2D eigenvalue weighted by Gasteiger charge is -2.06. The van der Waals surface area contributed by atoms with E-state index < -0.39 is 6.04 Å². The summed E-state index contributed by atoms with van der Waals surface area (Å²) in [4.78, 5) is 15.1. The summed E-state index contributed by atoms with van der Waals surface area (Å²) in [5, 5.41) is 2.57. The zero-order valence-corrected chi connectivity index (χ0v) is 8.71. The van der Waals surface area contributed by atoms with Crippen molar-refractivity contribution in [2.75, 3.05) is 5.32 Å². The Morgan fingerprint density at radius 1 is 1.69 bits per heavy atom. The molecule has 0 fully saturated rings. The minimum absolute atomic E-state index is 0.241. The van der Waals surface area contributed by atoms with Crippen LogP contribution in [0.4, 0.5) is 5.82 Å². The van der Waals surface area contributed by atoms with Crippen LogP contribution in [0.1, 0.15) is 6.92 Å². The molecule has 1 rings (SSSR count). The van der Waals surface area contributed by atoms with Crippen LogP contribution in [0.25, 0.3) is 0 Å². The number of anilines is 1. The van der Waals surface area contributed by atoms with Crippen molar-refractivity contribution in [3.63, 3.8) is 0 Å². The topological polar surface area (TPSA) is 68.0 Å². The fourth-order valence-corrected chi connectivity index (χ4v) is 0.924. The molecular weight excluding hydrogens is 234 g/mol. The van der Waals surface area contributed by atoms with Crippen LogP contribution in [0.5, 0.6) is 0 Å². The summed E-state index contributed by atoms with van der Waals surface area (Å²) in [6.45, 7) is 1.62. The molecule has 13 heavy (non-hydrogen) atoms. The molecule has 1 aromatic heterocycles. The van der Waals surface area contributed by atoms with Gasteiger partial charge in [-0.25, -0.2) is 4.98 Å². The van der Waals surface area contributed by atoms with Gasteiger partial charge in [0.05, 0.1) is 6.04 Å². The van der Waals surface area contributed by atoms with Crippen LogP contribution in [0.15, 0.2) is 22.8 Å². The van der Waals surface area contributed by atoms with E-state index in [0.29, 0.717) is 5.82 Å². The van der Waals surface area contributed by atoms with E-state index in [2.05, 4.69) is 26.2 Å². The highest BCUT2D eigenvalue weighted by Gasteiger charge is 2.07. The van der Waals surface area contributed by atoms with Crippen LogP contribution in [0.2, 0.25) is 0 Å². The highest BCUT2D eigenvalue weighted by Crippen LogP contribution is 2.10. The molecular formula is C8H10BrN3O. The lowest BCUT2D eigenvalue weighted by molar-refractivity contribution is -0.117. The van der Waals surface area contributed by atoms with Crippen LogP contribution in [-0.4, -0.2) is 16.9 Å². The molecule has 0 radical (unpaired) electrons. The Labute approximate surface area is 84.7 Å². The second kappa shape index (κ2) is 4.34. The van der Waals surface area contributed by atoms with Crippen molar-refractivity contribution in [3.8, 4) is 0 Å². The number of pyridine rings is 1. The number of halogens is 1. The van der Waals surface area contributed by atoms with Gasteiger partial charge in [0, 0.05) is 10.7 Å². The first-order chi connectivity index (χ1) is 6.09. The molecule has 0 aliphatic rings. The van der Waals surface area contributed by atoms with E-state index in [-0.39, 0.29) is 5.91 Å². The number of carbonyl (C=O) groups is 1. The normalized spacial score (nSPS) is 12.2. The summed E-state index contributed by atoms with van der Waals surface area (Å²) >= 11 is 3.24. The number of hydrogen-bond acceptors (Lipinski definition) is 3. The van der Waals surface area contributed by atoms with E-state index in [0.717, 1.165) is 4.47 Å². The molecule has 1 heterocycles. The third kappa shape index (κ3) is 3.12. The van der Waals surface area contributed by atoms with Gasteiger partial charge in [-0.05, 0) is 35.0 Å². The predicted molar refractivity (Wildman–Crippen MR) is 54.2 cm³/mol. The molecule has 0 saturated heterocycles. The van der Waals surface area contributed by atoms with Crippen LogP contribution in [0, 0.1) is 0 Å². The van der Waals surface area contributed by atoms with Gasteiger partial charge in [0.15, 0.2) is 0 Å². The number of nitrogens with two attached hydrogens (primary N) is 1. The van der Waals surface area contributed by atoms with Crippen LogP contribution in [-0.2, 0) is 4.79 Å². The molecule has 1 aromatic rings. The van der Waals surface area contributed by atoms with E-state index in [1.54, 1.807) is 25.3 Å². The molecule has 0 aromatic carbocycles. The quantitative estimate of drug-likeness (QED) is 0.819. The third-order valence-corrected chi connectivity index (χ3v) is 1.86. The van der Waals surface area contributed by atoms with Gasteiger partial charge in [0.25, 0.3) is 0 Å². The zero-order chi connectivity index (χ0) is 9.84. The standard InChI is InChI=1S/C8H10BrN3O/c1-5(10)8(13)12-7-3-2-6(9)4-11-7/h2-5H,10H2,1H3,(H,11,12,13). The summed E-state index contributed by atoms with van der Waals surface area (Å²) in [6, 6.07) is 2.97. The predicted octanol–water partition coefficient (Wildman–Crippen LogP) is 1.13. The van der Waals surface area contributed by atoms with Crippen molar-refractivity contribution in [2.45, 2.75) is 13.0 Å². The van der Waals surface area contributed by atoms with E-state index in [9.17, 15) is 4.79 Å². The molecule has 1 unspecified atom stereocenters. The van der Waals surface area contributed by atoms with Crippen molar-refractivity contribution in [3.05, 3.63) is 22.8 Å². The van der Waals surface area contributed by atoms with E-state index in [4.69, 9.17) is 5.73 Å². The van der Waals surface area contributed by atoms with Crippen molar-refractivity contribution in [1.29, 1.82) is 0 Å².